The molecule has 0 heterocycles. The van der Waals surface area contributed by atoms with Crippen LogP contribution in [0.2, 0.25) is 0 Å². The van der Waals surface area contributed by atoms with Gasteiger partial charge in [0, 0.05) is 0 Å². The third-order valence-corrected chi connectivity index (χ3v) is 5.10. The van der Waals surface area contributed by atoms with E-state index in [1.807, 2.05) is 65.0 Å². The summed E-state index contributed by atoms with van der Waals surface area (Å²) < 4.78 is 10.6. The number of benzene rings is 1. The molecule has 1 aromatic rings. The van der Waals surface area contributed by atoms with Gasteiger partial charge in [-0.1, -0.05) is 71.4 Å². The van der Waals surface area contributed by atoms with Gasteiger partial charge in [0.15, 0.2) is 12.4 Å². The number of aldehydes is 1. The number of alkyl carbamates (subject to hydrolysis) is 1. The molecular formula is C26H40N2O6. The number of ether oxygens (including phenoxy) is 2. The van der Waals surface area contributed by atoms with E-state index in [9.17, 15) is 19.2 Å². The molecule has 34 heavy (non-hydrogen) atoms. The number of carbonyl (C=O) groups is 4. The Morgan fingerprint density at radius 1 is 0.941 bits per heavy atom. The van der Waals surface area contributed by atoms with E-state index in [2.05, 4.69) is 10.6 Å². The summed E-state index contributed by atoms with van der Waals surface area (Å²) in [5.41, 5.74) is 0.829. The second-order valence-electron chi connectivity index (χ2n) is 9.33. The van der Waals surface area contributed by atoms with Gasteiger partial charge in [-0.3, -0.25) is 9.59 Å². The van der Waals surface area contributed by atoms with Gasteiger partial charge in [0.1, 0.15) is 18.7 Å². The predicted octanol–water partition coefficient (Wildman–Crippen LogP) is 4.16. The number of hydrogen-bond donors (Lipinski definition) is 2. The monoisotopic (exact) mass is 476 g/mol. The summed E-state index contributed by atoms with van der Waals surface area (Å²) in [7, 11) is 0. The fourth-order valence-corrected chi connectivity index (χ4v) is 3.36. The van der Waals surface area contributed by atoms with Crippen LogP contribution in [0.4, 0.5) is 4.79 Å². The molecule has 0 radical (unpaired) electrons. The van der Waals surface area contributed by atoms with E-state index >= 15 is 0 Å². The molecule has 2 N–H and O–H groups in total. The number of esters is 1. The van der Waals surface area contributed by atoms with Gasteiger partial charge in [0.2, 0.25) is 5.91 Å². The molecule has 0 aliphatic carbocycles. The summed E-state index contributed by atoms with van der Waals surface area (Å²) in [6.07, 6.45) is 1.84. The first-order valence-electron chi connectivity index (χ1n) is 12.1. The molecule has 3 atom stereocenters. The molecule has 0 aliphatic rings. The molecule has 0 unspecified atom stereocenters. The maximum absolute atomic E-state index is 13.1. The fraction of sp³-hybridized carbons (Fsp3) is 0.615. The van der Waals surface area contributed by atoms with Crippen molar-refractivity contribution >= 4 is 24.3 Å². The molecule has 0 bridgehead atoms. The minimum atomic E-state index is -0.923. The SMILES string of the molecule is CCCC[C@@H](C=O)OC(=O)[C@H](CC(C)C)NC(=O)[C@H](CC(C)C)NC(=O)OCc1ccccc1. The van der Waals surface area contributed by atoms with Crippen LogP contribution in [0.3, 0.4) is 0 Å². The highest BCUT2D eigenvalue weighted by Crippen LogP contribution is 2.12. The van der Waals surface area contributed by atoms with Crippen LogP contribution in [0.15, 0.2) is 30.3 Å². The van der Waals surface area contributed by atoms with Crippen LogP contribution in [-0.2, 0) is 30.5 Å². The number of nitrogens with one attached hydrogen (secondary N) is 2. The van der Waals surface area contributed by atoms with Gasteiger partial charge in [-0.15, -0.1) is 0 Å². The lowest BCUT2D eigenvalue weighted by atomic mass is 10.0. The van der Waals surface area contributed by atoms with Crippen molar-refractivity contribution in [3.05, 3.63) is 35.9 Å². The third-order valence-electron chi connectivity index (χ3n) is 5.10. The Labute approximate surface area is 203 Å². The normalized spacial score (nSPS) is 13.6. The van der Waals surface area contributed by atoms with Crippen molar-refractivity contribution in [2.75, 3.05) is 0 Å². The number of carbonyl (C=O) groups excluding carboxylic acids is 4. The molecular weight excluding hydrogens is 436 g/mol. The summed E-state index contributed by atoms with van der Waals surface area (Å²) in [5.74, 6) is -0.945. The zero-order valence-electron chi connectivity index (χ0n) is 21.0. The number of hydrogen-bond acceptors (Lipinski definition) is 6. The molecule has 8 nitrogen and oxygen atoms in total. The minimum absolute atomic E-state index is 0.0792. The molecule has 1 rings (SSSR count). The topological polar surface area (TPSA) is 111 Å². The van der Waals surface area contributed by atoms with E-state index in [1.165, 1.54) is 0 Å². The van der Waals surface area contributed by atoms with Crippen LogP contribution in [0.1, 0.15) is 72.3 Å². The van der Waals surface area contributed by atoms with E-state index in [0.717, 1.165) is 18.4 Å². The molecule has 1 aromatic carbocycles. The Kier molecular flexibility index (Phi) is 13.6. The second-order valence-corrected chi connectivity index (χ2v) is 9.33. The largest absolute Gasteiger partial charge is 0.453 e. The van der Waals surface area contributed by atoms with E-state index in [0.29, 0.717) is 25.5 Å². The van der Waals surface area contributed by atoms with Crippen molar-refractivity contribution in [1.29, 1.82) is 0 Å². The summed E-state index contributed by atoms with van der Waals surface area (Å²) in [4.78, 5) is 49.5. The average molecular weight is 477 g/mol. The maximum Gasteiger partial charge on any atom is 0.408 e. The highest BCUT2D eigenvalue weighted by molar-refractivity contribution is 5.90. The van der Waals surface area contributed by atoms with Gasteiger partial charge < -0.3 is 20.1 Å². The van der Waals surface area contributed by atoms with Crippen molar-refractivity contribution in [2.24, 2.45) is 11.8 Å². The van der Waals surface area contributed by atoms with E-state index < -0.39 is 36.2 Å². The Hall–Kier alpha value is -2.90. The smallest absolute Gasteiger partial charge is 0.408 e. The second kappa shape index (κ2) is 15.9. The zero-order chi connectivity index (χ0) is 25.5. The summed E-state index contributed by atoms with van der Waals surface area (Å²) >= 11 is 0. The van der Waals surface area contributed by atoms with Crippen LogP contribution >= 0.6 is 0 Å². The first-order valence-corrected chi connectivity index (χ1v) is 12.1. The van der Waals surface area contributed by atoms with Gasteiger partial charge in [-0.05, 0) is 43.1 Å². The van der Waals surface area contributed by atoms with Crippen molar-refractivity contribution < 1.29 is 28.7 Å². The van der Waals surface area contributed by atoms with Crippen LogP contribution in [-0.4, -0.2) is 42.4 Å². The van der Waals surface area contributed by atoms with Gasteiger partial charge in [-0.25, -0.2) is 9.59 Å². The molecule has 190 valence electrons. The minimum Gasteiger partial charge on any atom is -0.453 e. The number of amides is 2. The van der Waals surface area contributed by atoms with Gasteiger partial charge in [0.25, 0.3) is 0 Å². The Morgan fingerprint density at radius 3 is 2.12 bits per heavy atom. The van der Waals surface area contributed by atoms with E-state index in [-0.39, 0.29) is 18.4 Å². The van der Waals surface area contributed by atoms with Crippen molar-refractivity contribution in [3.63, 3.8) is 0 Å². The molecule has 0 aromatic heterocycles. The van der Waals surface area contributed by atoms with Crippen molar-refractivity contribution in [2.45, 2.75) is 91.5 Å². The maximum atomic E-state index is 13.1. The number of rotatable bonds is 15. The summed E-state index contributed by atoms with van der Waals surface area (Å²) in [5, 5.41) is 5.33. The zero-order valence-corrected chi connectivity index (χ0v) is 21.0. The Bertz CT molecular complexity index is 766. The predicted molar refractivity (Wildman–Crippen MR) is 130 cm³/mol. The first kappa shape index (κ1) is 29.1. The average Bonchev–Trinajstić information content (AvgIpc) is 2.79. The third kappa shape index (κ3) is 11.8. The Balaban J connectivity index is 2.82. The molecule has 0 spiro atoms. The highest BCUT2D eigenvalue weighted by Gasteiger charge is 2.30. The van der Waals surface area contributed by atoms with Crippen LogP contribution < -0.4 is 10.6 Å². The first-order chi connectivity index (χ1) is 16.2. The lowest BCUT2D eigenvalue weighted by Gasteiger charge is -2.25. The van der Waals surface area contributed by atoms with Crippen LogP contribution in [0.25, 0.3) is 0 Å². The van der Waals surface area contributed by atoms with Gasteiger partial charge in [0.05, 0.1) is 0 Å². The van der Waals surface area contributed by atoms with E-state index in [4.69, 9.17) is 9.47 Å². The fourth-order valence-electron chi connectivity index (χ4n) is 3.36. The van der Waals surface area contributed by atoms with Gasteiger partial charge in [-0.2, -0.15) is 0 Å². The van der Waals surface area contributed by atoms with Crippen LogP contribution in [0, 0.1) is 11.8 Å². The molecule has 2 amide bonds. The molecule has 0 saturated carbocycles. The van der Waals surface area contributed by atoms with Crippen molar-refractivity contribution in [3.8, 4) is 0 Å². The Morgan fingerprint density at radius 2 is 1.56 bits per heavy atom. The molecule has 8 heteroatoms. The molecule has 0 aliphatic heterocycles. The summed E-state index contributed by atoms with van der Waals surface area (Å²) in [6, 6.07) is 7.42. The van der Waals surface area contributed by atoms with E-state index in [1.54, 1.807) is 0 Å². The highest BCUT2D eigenvalue weighted by atomic mass is 16.6. The van der Waals surface area contributed by atoms with Crippen molar-refractivity contribution in [1.82, 2.24) is 10.6 Å². The summed E-state index contributed by atoms with van der Waals surface area (Å²) in [6.45, 7) is 9.77. The van der Waals surface area contributed by atoms with Crippen LogP contribution in [0.5, 0.6) is 0 Å². The molecule has 0 fully saturated rings. The standard InChI is InChI=1S/C26H40N2O6/c1-6-7-13-21(16-29)34-25(31)23(15-19(4)5)27-24(30)22(14-18(2)3)28-26(32)33-17-20-11-9-8-10-12-20/h8-12,16,18-19,21-23H,6-7,13-15,17H2,1-5H3,(H,27,30)(H,28,32)/t21-,22-,23-/m0/s1. The number of unbranched alkanes of at least 4 members (excludes halogenated alkanes) is 1. The lowest BCUT2D eigenvalue weighted by Crippen LogP contribution is -2.53. The molecule has 0 saturated heterocycles. The lowest BCUT2D eigenvalue weighted by molar-refractivity contribution is -0.156. The van der Waals surface area contributed by atoms with Gasteiger partial charge >= 0.3 is 12.1 Å². The quantitative estimate of drug-likeness (QED) is 0.290.